The van der Waals surface area contributed by atoms with E-state index in [2.05, 4.69) is 10.1 Å². The standard InChI is InChI=1S/C13H7ClFN3O2S/c1-6-11(19)16-13-18(17-6)12(20)10(21-13)5-7-8(14)3-2-4-9(7)15/h2-5H,1H3/b10-5-. The van der Waals surface area contributed by atoms with E-state index in [1.807, 2.05) is 0 Å². The van der Waals surface area contributed by atoms with E-state index in [1.54, 1.807) is 0 Å². The van der Waals surface area contributed by atoms with Gasteiger partial charge in [-0.1, -0.05) is 29.0 Å². The zero-order chi connectivity index (χ0) is 15.1. The van der Waals surface area contributed by atoms with Crippen LogP contribution in [0.3, 0.4) is 0 Å². The second kappa shape index (κ2) is 5.01. The van der Waals surface area contributed by atoms with Crippen molar-refractivity contribution < 1.29 is 4.39 Å². The van der Waals surface area contributed by atoms with Gasteiger partial charge in [0.2, 0.25) is 4.96 Å². The molecule has 3 rings (SSSR count). The molecule has 0 spiro atoms. The highest BCUT2D eigenvalue weighted by molar-refractivity contribution is 7.15. The van der Waals surface area contributed by atoms with Crippen LogP contribution in [-0.4, -0.2) is 14.6 Å². The maximum Gasteiger partial charge on any atom is 0.295 e. The Bertz CT molecular complexity index is 1010. The van der Waals surface area contributed by atoms with Crippen LogP contribution in [0.1, 0.15) is 11.3 Å². The highest BCUT2D eigenvalue weighted by Crippen LogP contribution is 2.19. The van der Waals surface area contributed by atoms with Gasteiger partial charge in [-0.3, -0.25) is 9.59 Å². The van der Waals surface area contributed by atoms with Crippen LogP contribution < -0.4 is 15.7 Å². The zero-order valence-electron chi connectivity index (χ0n) is 10.6. The normalized spacial score (nSPS) is 12.2. The summed E-state index contributed by atoms with van der Waals surface area (Å²) in [6.45, 7) is 1.47. The van der Waals surface area contributed by atoms with E-state index in [9.17, 15) is 14.0 Å². The number of fused-ring (bicyclic) bond motifs is 1. The van der Waals surface area contributed by atoms with Crippen molar-refractivity contribution in [3.8, 4) is 0 Å². The van der Waals surface area contributed by atoms with Crippen LogP contribution in [0.2, 0.25) is 5.02 Å². The first-order valence-corrected chi connectivity index (χ1v) is 7.03. The molecule has 0 aliphatic carbocycles. The highest BCUT2D eigenvalue weighted by Gasteiger charge is 2.10. The second-order valence-corrected chi connectivity index (χ2v) is 5.66. The summed E-state index contributed by atoms with van der Waals surface area (Å²) in [5.74, 6) is -0.536. The number of rotatable bonds is 1. The predicted octanol–water partition coefficient (Wildman–Crippen LogP) is 1.16. The number of nitrogens with zero attached hydrogens (tertiary/aromatic N) is 3. The van der Waals surface area contributed by atoms with Crippen LogP contribution in [0.5, 0.6) is 0 Å². The topological polar surface area (TPSA) is 64.3 Å². The van der Waals surface area contributed by atoms with Crippen molar-refractivity contribution in [1.82, 2.24) is 14.6 Å². The summed E-state index contributed by atoms with van der Waals surface area (Å²) in [5.41, 5.74) is -0.725. The van der Waals surface area contributed by atoms with E-state index in [0.29, 0.717) is 0 Å². The number of hydrogen-bond acceptors (Lipinski definition) is 5. The Morgan fingerprint density at radius 3 is 2.86 bits per heavy atom. The van der Waals surface area contributed by atoms with Gasteiger partial charge in [0.1, 0.15) is 11.5 Å². The molecule has 0 unspecified atom stereocenters. The molecule has 2 heterocycles. The Morgan fingerprint density at radius 2 is 2.14 bits per heavy atom. The molecule has 0 saturated heterocycles. The van der Waals surface area contributed by atoms with Crippen LogP contribution in [-0.2, 0) is 0 Å². The molecule has 0 atom stereocenters. The molecule has 0 aliphatic rings. The quantitative estimate of drug-likeness (QED) is 0.674. The Kier molecular flexibility index (Phi) is 3.30. The lowest BCUT2D eigenvalue weighted by atomic mass is 10.2. The first kappa shape index (κ1) is 13.8. The third-order valence-electron chi connectivity index (χ3n) is 2.82. The van der Waals surface area contributed by atoms with E-state index < -0.39 is 16.9 Å². The third-order valence-corrected chi connectivity index (χ3v) is 4.11. The number of thiazole rings is 1. The Balaban J connectivity index is 2.36. The molecule has 0 aliphatic heterocycles. The van der Waals surface area contributed by atoms with Crippen LogP contribution in [0.4, 0.5) is 4.39 Å². The van der Waals surface area contributed by atoms with Gasteiger partial charge in [0.25, 0.3) is 11.1 Å². The average molecular weight is 324 g/mol. The minimum Gasteiger partial charge on any atom is -0.266 e. The number of aryl methyl sites for hydroxylation is 1. The van der Waals surface area contributed by atoms with Crippen molar-refractivity contribution in [3.05, 3.63) is 65.5 Å². The molecule has 0 bridgehead atoms. The van der Waals surface area contributed by atoms with Crippen LogP contribution >= 0.6 is 22.9 Å². The van der Waals surface area contributed by atoms with Crippen LogP contribution in [0, 0.1) is 12.7 Å². The maximum atomic E-state index is 13.8. The minimum absolute atomic E-state index is 0.113. The predicted molar refractivity (Wildman–Crippen MR) is 78.3 cm³/mol. The summed E-state index contributed by atoms with van der Waals surface area (Å²) >= 11 is 6.88. The van der Waals surface area contributed by atoms with Gasteiger partial charge in [0, 0.05) is 5.56 Å². The van der Waals surface area contributed by atoms with Crippen molar-refractivity contribution in [1.29, 1.82) is 0 Å². The fourth-order valence-corrected chi connectivity index (χ4v) is 2.87. The molecule has 0 radical (unpaired) electrons. The molecule has 0 saturated carbocycles. The molecule has 3 aromatic rings. The lowest BCUT2D eigenvalue weighted by molar-refractivity contribution is 0.625. The fourth-order valence-electron chi connectivity index (χ4n) is 1.77. The molecule has 2 aromatic heterocycles. The zero-order valence-corrected chi connectivity index (χ0v) is 12.2. The van der Waals surface area contributed by atoms with Gasteiger partial charge in [-0.2, -0.15) is 14.6 Å². The summed E-state index contributed by atoms with van der Waals surface area (Å²) in [7, 11) is 0. The molecular weight excluding hydrogens is 317 g/mol. The second-order valence-electron chi connectivity index (χ2n) is 4.25. The van der Waals surface area contributed by atoms with Crippen molar-refractivity contribution in [2.24, 2.45) is 0 Å². The molecule has 1 aromatic carbocycles. The van der Waals surface area contributed by atoms with E-state index in [1.165, 1.54) is 31.2 Å². The number of benzene rings is 1. The van der Waals surface area contributed by atoms with Gasteiger partial charge < -0.3 is 0 Å². The van der Waals surface area contributed by atoms with Crippen LogP contribution in [0.15, 0.2) is 27.8 Å². The Morgan fingerprint density at radius 1 is 1.38 bits per heavy atom. The van der Waals surface area contributed by atoms with Gasteiger partial charge >= 0.3 is 0 Å². The van der Waals surface area contributed by atoms with E-state index in [4.69, 9.17) is 11.6 Å². The van der Waals surface area contributed by atoms with E-state index >= 15 is 0 Å². The molecule has 106 valence electrons. The SMILES string of the molecule is Cc1nn2c(=O)/c(=C/c3c(F)cccc3Cl)sc2nc1=O. The molecule has 8 heteroatoms. The highest BCUT2D eigenvalue weighted by atomic mass is 35.5. The molecular formula is C13H7ClFN3O2S. The average Bonchev–Trinajstić information content (AvgIpc) is 2.72. The Labute approximate surface area is 125 Å². The van der Waals surface area contributed by atoms with Crippen molar-refractivity contribution in [2.75, 3.05) is 0 Å². The Hall–Kier alpha value is -2.12. The largest absolute Gasteiger partial charge is 0.295 e. The smallest absolute Gasteiger partial charge is 0.266 e. The summed E-state index contributed by atoms with van der Waals surface area (Å²) in [4.78, 5) is 27.6. The first-order chi connectivity index (χ1) is 9.97. The van der Waals surface area contributed by atoms with Gasteiger partial charge in [-0.25, -0.2) is 4.39 Å². The van der Waals surface area contributed by atoms with E-state index in [-0.39, 0.29) is 25.8 Å². The number of aromatic nitrogens is 3. The lowest BCUT2D eigenvalue weighted by Gasteiger charge is -1.97. The van der Waals surface area contributed by atoms with Crippen LogP contribution in [0.25, 0.3) is 11.0 Å². The van der Waals surface area contributed by atoms with Crippen molar-refractivity contribution in [3.63, 3.8) is 0 Å². The molecule has 21 heavy (non-hydrogen) atoms. The fraction of sp³-hybridized carbons (Fsp3) is 0.0769. The molecule has 5 nitrogen and oxygen atoms in total. The van der Waals surface area contributed by atoms with Crippen molar-refractivity contribution in [2.45, 2.75) is 6.92 Å². The summed E-state index contributed by atoms with van der Waals surface area (Å²) in [5, 5.41) is 4.07. The molecule has 0 amide bonds. The number of halogens is 2. The summed E-state index contributed by atoms with van der Waals surface area (Å²) in [6.07, 6.45) is 1.33. The van der Waals surface area contributed by atoms with Gasteiger partial charge in [-0.05, 0) is 25.1 Å². The minimum atomic E-state index is -0.536. The van der Waals surface area contributed by atoms with Gasteiger partial charge in [0.05, 0.1) is 9.55 Å². The van der Waals surface area contributed by atoms with Crippen molar-refractivity contribution >= 4 is 34.0 Å². The number of hydrogen-bond donors (Lipinski definition) is 0. The summed E-state index contributed by atoms with van der Waals surface area (Å²) in [6, 6.07) is 4.25. The molecule has 0 N–H and O–H groups in total. The lowest BCUT2D eigenvalue weighted by Crippen LogP contribution is -2.27. The van der Waals surface area contributed by atoms with E-state index in [0.717, 1.165) is 15.9 Å². The maximum absolute atomic E-state index is 13.8. The van der Waals surface area contributed by atoms with Gasteiger partial charge in [0.15, 0.2) is 0 Å². The first-order valence-electron chi connectivity index (χ1n) is 5.83. The monoisotopic (exact) mass is 323 g/mol. The molecule has 0 fully saturated rings. The van der Waals surface area contributed by atoms with Gasteiger partial charge in [-0.15, -0.1) is 0 Å². The third kappa shape index (κ3) is 2.34. The summed E-state index contributed by atoms with van der Waals surface area (Å²) < 4.78 is 15.0.